The molecule has 5 heteroatoms. The van der Waals surface area contributed by atoms with Crippen molar-refractivity contribution in [3.8, 4) is 12.3 Å². The van der Waals surface area contributed by atoms with Crippen molar-refractivity contribution in [3.05, 3.63) is 30.0 Å². The molecule has 0 atom stereocenters. The summed E-state index contributed by atoms with van der Waals surface area (Å²) in [6.07, 6.45) is 5.26. The molecule has 0 bridgehead atoms. The van der Waals surface area contributed by atoms with E-state index in [0.29, 0.717) is 17.7 Å². The molecule has 0 unspecified atom stereocenters. The standard InChI is InChI=1S/C13H11N3O2/c1-3-8-16(2)12-9-6-4-5-7-10(9)14-15-11(12)13(17)18/h1,4-7H,8H2,2H3,(H,17,18). The number of hydrogen-bond donors (Lipinski definition) is 1. The fourth-order valence-corrected chi connectivity index (χ4v) is 1.79. The highest BCUT2D eigenvalue weighted by atomic mass is 16.4. The summed E-state index contributed by atoms with van der Waals surface area (Å²) in [5.74, 6) is 1.36. The highest BCUT2D eigenvalue weighted by Gasteiger charge is 2.19. The van der Waals surface area contributed by atoms with Crippen LogP contribution in [-0.2, 0) is 0 Å². The number of aromatic nitrogens is 2. The van der Waals surface area contributed by atoms with Gasteiger partial charge in [-0.2, -0.15) is 0 Å². The molecule has 2 aromatic rings. The van der Waals surface area contributed by atoms with E-state index in [4.69, 9.17) is 11.5 Å². The van der Waals surface area contributed by atoms with Crippen LogP contribution in [0, 0.1) is 12.3 Å². The second-order valence-electron chi connectivity index (χ2n) is 3.78. The third-order valence-electron chi connectivity index (χ3n) is 2.55. The predicted molar refractivity (Wildman–Crippen MR) is 68.6 cm³/mol. The molecule has 2 rings (SSSR count). The summed E-state index contributed by atoms with van der Waals surface area (Å²) in [4.78, 5) is 12.9. The quantitative estimate of drug-likeness (QED) is 0.823. The Kier molecular flexibility index (Phi) is 3.11. The van der Waals surface area contributed by atoms with Crippen LogP contribution < -0.4 is 4.90 Å². The lowest BCUT2D eigenvalue weighted by molar-refractivity contribution is 0.0690. The predicted octanol–water partition coefficient (Wildman–Crippen LogP) is 1.40. The summed E-state index contributed by atoms with van der Waals surface area (Å²) >= 11 is 0. The molecule has 0 amide bonds. The van der Waals surface area contributed by atoms with E-state index in [1.807, 2.05) is 12.1 Å². The van der Waals surface area contributed by atoms with Crippen LogP contribution in [0.1, 0.15) is 10.5 Å². The van der Waals surface area contributed by atoms with E-state index < -0.39 is 5.97 Å². The first kappa shape index (κ1) is 11.9. The number of rotatable bonds is 3. The molecule has 0 aliphatic heterocycles. The van der Waals surface area contributed by atoms with Crippen LogP contribution in [0.5, 0.6) is 0 Å². The monoisotopic (exact) mass is 241 g/mol. The maximum Gasteiger partial charge on any atom is 0.358 e. The van der Waals surface area contributed by atoms with Gasteiger partial charge in [-0.3, -0.25) is 0 Å². The third-order valence-corrected chi connectivity index (χ3v) is 2.55. The molecule has 1 N–H and O–H groups in total. The average molecular weight is 241 g/mol. The van der Waals surface area contributed by atoms with Crippen LogP contribution >= 0.6 is 0 Å². The van der Waals surface area contributed by atoms with E-state index >= 15 is 0 Å². The van der Waals surface area contributed by atoms with Gasteiger partial charge in [0, 0.05) is 12.4 Å². The second kappa shape index (κ2) is 4.72. The van der Waals surface area contributed by atoms with E-state index in [-0.39, 0.29) is 5.69 Å². The molecule has 0 aliphatic carbocycles. The van der Waals surface area contributed by atoms with Crippen LogP contribution in [-0.4, -0.2) is 34.9 Å². The molecule has 0 saturated heterocycles. The van der Waals surface area contributed by atoms with Gasteiger partial charge in [0.15, 0.2) is 5.69 Å². The Morgan fingerprint density at radius 2 is 2.17 bits per heavy atom. The van der Waals surface area contributed by atoms with E-state index in [1.54, 1.807) is 24.1 Å². The molecular weight excluding hydrogens is 230 g/mol. The zero-order valence-corrected chi connectivity index (χ0v) is 9.79. The summed E-state index contributed by atoms with van der Waals surface area (Å²) in [6, 6.07) is 7.23. The van der Waals surface area contributed by atoms with Gasteiger partial charge < -0.3 is 10.0 Å². The van der Waals surface area contributed by atoms with Gasteiger partial charge in [0.2, 0.25) is 0 Å². The number of terminal acetylenes is 1. The van der Waals surface area contributed by atoms with Crippen LogP contribution in [0.4, 0.5) is 5.69 Å². The van der Waals surface area contributed by atoms with Gasteiger partial charge in [-0.1, -0.05) is 24.1 Å². The molecule has 0 aliphatic rings. The molecular formula is C13H11N3O2. The van der Waals surface area contributed by atoms with E-state index in [2.05, 4.69) is 16.1 Å². The van der Waals surface area contributed by atoms with Crippen molar-refractivity contribution in [2.45, 2.75) is 0 Å². The van der Waals surface area contributed by atoms with Crippen LogP contribution in [0.3, 0.4) is 0 Å². The fourth-order valence-electron chi connectivity index (χ4n) is 1.79. The Bertz CT molecular complexity index is 646. The Balaban J connectivity index is 2.75. The Hall–Kier alpha value is -2.61. The molecule has 1 heterocycles. The second-order valence-corrected chi connectivity index (χ2v) is 3.78. The molecule has 1 aromatic carbocycles. The van der Waals surface area contributed by atoms with E-state index in [0.717, 1.165) is 5.39 Å². The van der Waals surface area contributed by atoms with Gasteiger partial charge in [0.1, 0.15) is 0 Å². The van der Waals surface area contributed by atoms with Gasteiger partial charge in [0.25, 0.3) is 0 Å². The minimum absolute atomic E-state index is 0.0912. The molecule has 0 fully saturated rings. The summed E-state index contributed by atoms with van der Waals surface area (Å²) < 4.78 is 0. The summed E-state index contributed by atoms with van der Waals surface area (Å²) in [5, 5.41) is 17.5. The number of aromatic carboxylic acids is 1. The highest BCUT2D eigenvalue weighted by molar-refractivity contribution is 6.02. The number of carboxylic acid groups (broad SMARTS) is 1. The Labute approximate surface area is 104 Å². The maximum absolute atomic E-state index is 11.2. The lowest BCUT2D eigenvalue weighted by Crippen LogP contribution is -2.21. The van der Waals surface area contributed by atoms with Gasteiger partial charge in [0.05, 0.1) is 17.7 Å². The zero-order valence-electron chi connectivity index (χ0n) is 9.79. The van der Waals surface area contributed by atoms with E-state index in [1.165, 1.54) is 0 Å². The average Bonchev–Trinajstić information content (AvgIpc) is 2.37. The zero-order chi connectivity index (χ0) is 13.1. The van der Waals surface area contributed by atoms with Crippen molar-refractivity contribution in [2.24, 2.45) is 0 Å². The highest BCUT2D eigenvalue weighted by Crippen LogP contribution is 2.27. The molecule has 90 valence electrons. The van der Waals surface area contributed by atoms with Crippen molar-refractivity contribution < 1.29 is 9.90 Å². The van der Waals surface area contributed by atoms with Crippen LogP contribution in [0.2, 0.25) is 0 Å². The number of fused-ring (bicyclic) bond motifs is 1. The molecule has 5 nitrogen and oxygen atoms in total. The normalized spacial score (nSPS) is 10.0. The first-order valence-corrected chi connectivity index (χ1v) is 5.28. The Morgan fingerprint density at radius 3 is 2.83 bits per heavy atom. The summed E-state index contributed by atoms with van der Waals surface area (Å²) in [5.41, 5.74) is 1.04. The smallest absolute Gasteiger partial charge is 0.358 e. The van der Waals surface area contributed by atoms with Crippen LogP contribution in [0.15, 0.2) is 24.3 Å². The van der Waals surface area contributed by atoms with Gasteiger partial charge >= 0.3 is 5.97 Å². The molecule has 1 aromatic heterocycles. The molecule has 0 saturated carbocycles. The Morgan fingerprint density at radius 1 is 1.44 bits per heavy atom. The lowest BCUT2D eigenvalue weighted by atomic mass is 10.1. The van der Waals surface area contributed by atoms with Crippen molar-refractivity contribution in [1.29, 1.82) is 0 Å². The molecule has 18 heavy (non-hydrogen) atoms. The summed E-state index contributed by atoms with van der Waals surface area (Å²) in [7, 11) is 1.73. The van der Waals surface area contributed by atoms with E-state index in [9.17, 15) is 4.79 Å². The van der Waals surface area contributed by atoms with Crippen molar-refractivity contribution >= 4 is 22.6 Å². The number of carboxylic acids is 1. The van der Waals surface area contributed by atoms with Gasteiger partial charge in [-0.15, -0.1) is 16.6 Å². The molecule has 0 radical (unpaired) electrons. The first-order chi connectivity index (χ1) is 8.65. The van der Waals surface area contributed by atoms with Gasteiger partial charge in [-0.25, -0.2) is 4.79 Å². The van der Waals surface area contributed by atoms with Crippen molar-refractivity contribution in [1.82, 2.24) is 10.2 Å². The van der Waals surface area contributed by atoms with Gasteiger partial charge in [-0.05, 0) is 6.07 Å². The number of carbonyl (C=O) groups is 1. The maximum atomic E-state index is 11.2. The number of anilines is 1. The van der Waals surface area contributed by atoms with Crippen LogP contribution in [0.25, 0.3) is 10.9 Å². The minimum Gasteiger partial charge on any atom is -0.476 e. The number of nitrogens with zero attached hydrogens (tertiary/aromatic N) is 3. The SMILES string of the molecule is C#CCN(C)c1c(C(=O)O)nnc2ccccc12. The largest absolute Gasteiger partial charge is 0.476 e. The number of benzene rings is 1. The topological polar surface area (TPSA) is 66.3 Å². The summed E-state index contributed by atoms with van der Waals surface area (Å²) in [6.45, 7) is 0.302. The van der Waals surface area contributed by atoms with Crippen molar-refractivity contribution in [3.63, 3.8) is 0 Å². The minimum atomic E-state index is -1.12. The number of hydrogen-bond acceptors (Lipinski definition) is 4. The first-order valence-electron chi connectivity index (χ1n) is 5.28. The third kappa shape index (κ3) is 1.96. The molecule has 0 spiro atoms. The fraction of sp³-hybridized carbons (Fsp3) is 0.154. The van der Waals surface area contributed by atoms with Crippen molar-refractivity contribution in [2.75, 3.05) is 18.5 Å². The lowest BCUT2D eigenvalue weighted by Gasteiger charge is -2.19.